The Morgan fingerprint density at radius 3 is 2.79 bits per heavy atom. The minimum absolute atomic E-state index is 0.123. The van der Waals surface area contributed by atoms with Gasteiger partial charge < -0.3 is 14.8 Å². The molecule has 0 spiro atoms. The summed E-state index contributed by atoms with van der Waals surface area (Å²) in [7, 11) is 0. The maximum absolute atomic E-state index is 11.6. The SMILES string of the molecule is CCOC(=O)C(Cc1c[nH]c2ccccc12)C(=O)O. The molecule has 0 bridgehead atoms. The molecule has 1 aromatic heterocycles. The Morgan fingerprint density at radius 1 is 1.37 bits per heavy atom. The molecule has 1 heterocycles. The van der Waals surface area contributed by atoms with Crippen LogP contribution < -0.4 is 0 Å². The van der Waals surface area contributed by atoms with Gasteiger partial charge in [0.05, 0.1) is 6.61 Å². The fourth-order valence-corrected chi connectivity index (χ4v) is 2.03. The van der Waals surface area contributed by atoms with Crippen molar-refractivity contribution in [2.45, 2.75) is 13.3 Å². The number of aromatic nitrogens is 1. The number of hydrogen-bond donors (Lipinski definition) is 2. The van der Waals surface area contributed by atoms with Crippen LogP contribution in [0.5, 0.6) is 0 Å². The van der Waals surface area contributed by atoms with Crippen molar-refractivity contribution in [2.75, 3.05) is 6.61 Å². The lowest BCUT2D eigenvalue weighted by molar-refractivity contribution is -0.158. The third-order valence-electron chi connectivity index (χ3n) is 2.97. The molecule has 2 rings (SSSR count). The first-order valence-electron chi connectivity index (χ1n) is 6.08. The molecule has 2 N–H and O–H groups in total. The van der Waals surface area contributed by atoms with Gasteiger partial charge in [-0.1, -0.05) is 18.2 Å². The van der Waals surface area contributed by atoms with Crippen molar-refractivity contribution in [3.63, 3.8) is 0 Å². The highest BCUT2D eigenvalue weighted by Gasteiger charge is 2.28. The zero-order valence-corrected chi connectivity index (χ0v) is 10.6. The first kappa shape index (κ1) is 13.1. The topological polar surface area (TPSA) is 79.4 Å². The second kappa shape index (κ2) is 5.56. The standard InChI is InChI=1S/C14H15NO4/c1-2-19-14(18)11(13(16)17)7-9-8-15-12-6-4-3-5-10(9)12/h3-6,8,11,15H,2,7H2,1H3,(H,16,17). The van der Waals surface area contributed by atoms with E-state index in [1.807, 2.05) is 24.3 Å². The highest BCUT2D eigenvalue weighted by atomic mass is 16.5. The normalized spacial score (nSPS) is 12.3. The van der Waals surface area contributed by atoms with Gasteiger partial charge in [0.15, 0.2) is 5.92 Å². The van der Waals surface area contributed by atoms with Crippen LogP contribution in [0.1, 0.15) is 12.5 Å². The molecule has 1 unspecified atom stereocenters. The van der Waals surface area contributed by atoms with Crippen LogP contribution >= 0.6 is 0 Å². The van der Waals surface area contributed by atoms with Crippen LogP contribution in [-0.4, -0.2) is 28.6 Å². The molecule has 1 aromatic carbocycles. The van der Waals surface area contributed by atoms with Gasteiger partial charge in [0.1, 0.15) is 0 Å². The average molecular weight is 261 g/mol. The van der Waals surface area contributed by atoms with E-state index in [9.17, 15) is 9.59 Å². The van der Waals surface area contributed by atoms with Crippen molar-refractivity contribution in [3.05, 3.63) is 36.0 Å². The second-order valence-corrected chi connectivity index (χ2v) is 4.21. The van der Waals surface area contributed by atoms with Gasteiger partial charge in [-0.3, -0.25) is 9.59 Å². The quantitative estimate of drug-likeness (QED) is 0.637. The van der Waals surface area contributed by atoms with Gasteiger partial charge in [0.25, 0.3) is 0 Å². The molecule has 5 heteroatoms. The Morgan fingerprint density at radius 2 is 2.11 bits per heavy atom. The van der Waals surface area contributed by atoms with Gasteiger partial charge in [-0.15, -0.1) is 0 Å². The van der Waals surface area contributed by atoms with Crippen molar-refractivity contribution in [3.8, 4) is 0 Å². The first-order chi connectivity index (χ1) is 9.13. The van der Waals surface area contributed by atoms with Crippen LogP contribution in [0.25, 0.3) is 10.9 Å². The van der Waals surface area contributed by atoms with E-state index in [1.54, 1.807) is 13.1 Å². The molecule has 2 aromatic rings. The minimum Gasteiger partial charge on any atom is -0.481 e. The van der Waals surface area contributed by atoms with Crippen molar-refractivity contribution < 1.29 is 19.4 Å². The van der Waals surface area contributed by atoms with Gasteiger partial charge in [-0.05, 0) is 25.0 Å². The summed E-state index contributed by atoms with van der Waals surface area (Å²) in [5, 5.41) is 10.1. The number of carbonyl (C=O) groups is 2. The summed E-state index contributed by atoms with van der Waals surface area (Å²) in [5.41, 5.74) is 1.72. The summed E-state index contributed by atoms with van der Waals surface area (Å²) in [5.74, 6) is -3.02. The van der Waals surface area contributed by atoms with Gasteiger partial charge >= 0.3 is 11.9 Å². The number of aromatic amines is 1. The second-order valence-electron chi connectivity index (χ2n) is 4.21. The number of rotatable bonds is 5. The predicted octanol–water partition coefficient (Wildman–Crippen LogP) is 1.97. The number of nitrogens with one attached hydrogen (secondary N) is 1. The van der Waals surface area contributed by atoms with E-state index in [0.717, 1.165) is 16.5 Å². The summed E-state index contributed by atoms with van der Waals surface area (Å²) in [6.07, 6.45) is 1.86. The smallest absolute Gasteiger partial charge is 0.320 e. The number of para-hydroxylation sites is 1. The molecular weight excluding hydrogens is 246 g/mol. The van der Waals surface area contributed by atoms with Crippen LogP contribution in [-0.2, 0) is 20.7 Å². The number of hydrogen-bond acceptors (Lipinski definition) is 3. The number of carboxylic acids is 1. The van der Waals surface area contributed by atoms with Crippen LogP contribution in [0.3, 0.4) is 0 Å². The molecule has 0 fully saturated rings. The average Bonchev–Trinajstić information content (AvgIpc) is 2.79. The van der Waals surface area contributed by atoms with Crippen LogP contribution in [0, 0.1) is 5.92 Å². The highest BCUT2D eigenvalue weighted by Crippen LogP contribution is 2.21. The molecule has 0 saturated heterocycles. The molecule has 100 valence electrons. The zero-order valence-electron chi connectivity index (χ0n) is 10.6. The number of carboxylic acid groups (broad SMARTS) is 1. The van der Waals surface area contributed by atoms with Gasteiger partial charge in [-0.25, -0.2) is 0 Å². The lowest BCUT2D eigenvalue weighted by Crippen LogP contribution is -2.27. The Kier molecular flexibility index (Phi) is 3.85. The highest BCUT2D eigenvalue weighted by molar-refractivity contribution is 5.95. The molecule has 0 radical (unpaired) electrons. The largest absolute Gasteiger partial charge is 0.481 e. The summed E-state index contributed by atoms with van der Waals surface area (Å²) >= 11 is 0. The minimum atomic E-state index is -1.17. The van der Waals surface area contributed by atoms with Crippen LogP contribution in [0.4, 0.5) is 0 Å². The molecular formula is C14H15NO4. The maximum Gasteiger partial charge on any atom is 0.320 e. The van der Waals surface area contributed by atoms with Crippen molar-refractivity contribution >= 4 is 22.8 Å². The molecule has 0 saturated carbocycles. The Balaban J connectivity index is 2.26. The summed E-state index contributed by atoms with van der Waals surface area (Å²) < 4.78 is 4.80. The summed E-state index contributed by atoms with van der Waals surface area (Å²) in [4.78, 5) is 25.9. The monoisotopic (exact) mass is 261 g/mol. The number of benzene rings is 1. The summed E-state index contributed by atoms with van der Waals surface area (Å²) in [6, 6.07) is 7.56. The lowest BCUT2D eigenvalue weighted by atomic mass is 9.99. The molecule has 1 atom stereocenters. The molecule has 0 aliphatic heterocycles. The van der Waals surface area contributed by atoms with Gasteiger partial charge in [-0.2, -0.15) is 0 Å². The number of carbonyl (C=O) groups excluding carboxylic acids is 1. The van der Waals surface area contributed by atoms with Crippen molar-refractivity contribution in [1.29, 1.82) is 0 Å². The van der Waals surface area contributed by atoms with Gasteiger partial charge in [0.2, 0.25) is 0 Å². The van der Waals surface area contributed by atoms with Crippen molar-refractivity contribution in [1.82, 2.24) is 4.98 Å². The number of esters is 1. The van der Waals surface area contributed by atoms with E-state index in [1.165, 1.54) is 0 Å². The van der Waals surface area contributed by atoms with Crippen molar-refractivity contribution in [2.24, 2.45) is 5.92 Å². The molecule has 5 nitrogen and oxygen atoms in total. The number of aliphatic carboxylic acids is 1. The van der Waals surface area contributed by atoms with E-state index in [2.05, 4.69) is 4.98 Å². The summed E-state index contributed by atoms with van der Waals surface area (Å²) in [6.45, 7) is 1.83. The third-order valence-corrected chi connectivity index (χ3v) is 2.97. The van der Waals surface area contributed by atoms with E-state index >= 15 is 0 Å². The fourth-order valence-electron chi connectivity index (χ4n) is 2.03. The van der Waals surface area contributed by atoms with E-state index in [0.29, 0.717) is 0 Å². The van der Waals surface area contributed by atoms with E-state index in [-0.39, 0.29) is 13.0 Å². The van der Waals surface area contributed by atoms with E-state index < -0.39 is 17.9 Å². The number of ether oxygens (including phenoxy) is 1. The predicted molar refractivity (Wildman–Crippen MR) is 69.8 cm³/mol. The molecule has 19 heavy (non-hydrogen) atoms. The molecule has 0 amide bonds. The van der Waals surface area contributed by atoms with E-state index in [4.69, 9.17) is 9.84 Å². The maximum atomic E-state index is 11.6. The Labute approximate surface area is 110 Å². The molecule has 0 aliphatic rings. The fraction of sp³-hybridized carbons (Fsp3) is 0.286. The Bertz CT molecular complexity index is 602. The zero-order chi connectivity index (χ0) is 13.8. The Hall–Kier alpha value is -2.30. The molecule has 0 aliphatic carbocycles. The van der Waals surface area contributed by atoms with Gasteiger partial charge in [0, 0.05) is 17.1 Å². The lowest BCUT2D eigenvalue weighted by Gasteiger charge is -2.10. The third kappa shape index (κ3) is 2.76. The number of fused-ring (bicyclic) bond motifs is 1. The van der Waals surface area contributed by atoms with Crippen LogP contribution in [0.2, 0.25) is 0 Å². The number of H-pyrrole nitrogens is 1. The first-order valence-corrected chi connectivity index (χ1v) is 6.08. The van der Waals surface area contributed by atoms with Crippen LogP contribution in [0.15, 0.2) is 30.5 Å².